The van der Waals surface area contributed by atoms with E-state index in [2.05, 4.69) is 4.99 Å². The summed E-state index contributed by atoms with van der Waals surface area (Å²) < 4.78 is 0. The molecule has 6 nitrogen and oxygen atoms in total. The number of benzene rings is 2. The molecule has 0 fully saturated rings. The minimum atomic E-state index is -0.521. The van der Waals surface area contributed by atoms with Crippen LogP contribution in [0, 0.1) is 10.1 Å². The van der Waals surface area contributed by atoms with Crippen molar-refractivity contribution in [2.45, 2.75) is 13.0 Å². The number of rotatable bonds is 3. The van der Waals surface area contributed by atoms with Gasteiger partial charge in [-0.2, -0.15) is 0 Å². The summed E-state index contributed by atoms with van der Waals surface area (Å²) in [5, 5.41) is 12.1. The first-order valence-corrected chi connectivity index (χ1v) is 8.87. The van der Waals surface area contributed by atoms with Crippen LogP contribution in [-0.2, 0) is 0 Å². The molecule has 2 aromatic carbocycles. The van der Waals surface area contributed by atoms with Gasteiger partial charge in [0.2, 0.25) is 0 Å². The number of carbonyl (C=O) groups excluding carboxylic acids is 1. The topological polar surface area (TPSA) is 75.8 Å². The predicted octanol–water partition coefficient (Wildman–Crippen LogP) is 4.39. The first kappa shape index (κ1) is 17.4. The Labute approximate surface area is 153 Å². The Balaban J connectivity index is 2.03. The van der Waals surface area contributed by atoms with Crippen LogP contribution in [-0.4, -0.2) is 27.8 Å². The van der Waals surface area contributed by atoms with E-state index in [1.54, 1.807) is 30.3 Å². The molecule has 0 aromatic heterocycles. The van der Waals surface area contributed by atoms with Crippen LogP contribution < -0.4 is 4.90 Å². The van der Waals surface area contributed by atoms with Gasteiger partial charge in [0, 0.05) is 28.5 Å². The van der Waals surface area contributed by atoms with Crippen molar-refractivity contribution in [3.63, 3.8) is 0 Å². The van der Waals surface area contributed by atoms with E-state index in [1.165, 1.54) is 34.9 Å². The Morgan fingerprint density at radius 3 is 2.64 bits per heavy atom. The normalized spacial score (nSPS) is 16.4. The summed E-state index contributed by atoms with van der Waals surface area (Å²) in [6.45, 7) is 1.97. The average molecular weight is 376 g/mol. The maximum absolute atomic E-state index is 13.1. The standard InChI is InChI=1S/C17H14ClN3O3S/c1-11-10-25-17(19-11)20(14-7-5-13(18)6-8-14)16(22)12-3-2-4-15(9-12)21(23)24/h2-9,11H,10H2,1H3/t11-/m0/s1. The summed E-state index contributed by atoms with van der Waals surface area (Å²) in [6, 6.07) is 12.6. The minimum Gasteiger partial charge on any atom is -0.268 e. The van der Waals surface area contributed by atoms with Gasteiger partial charge in [0.15, 0.2) is 5.17 Å². The molecule has 0 saturated carbocycles. The van der Waals surface area contributed by atoms with E-state index in [4.69, 9.17) is 11.6 Å². The summed E-state index contributed by atoms with van der Waals surface area (Å²) in [4.78, 5) is 29.5. The second-order valence-corrected chi connectivity index (χ2v) is 6.92. The Morgan fingerprint density at radius 1 is 1.32 bits per heavy atom. The van der Waals surface area contributed by atoms with Gasteiger partial charge in [-0.1, -0.05) is 29.4 Å². The zero-order chi connectivity index (χ0) is 18.0. The van der Waals surface area contributed by atoms with Crippen LogP contribution in [0.3, 0.4) is 0 Å². The number of anilines is 1. The lowest BCUT2D eigenvalue weighted by atomic mass is 10.1. The molecular formula is C17H14ClN3O3S. The van der Waals surface area contributed by atoms with Crippen LogP contribution in [0.4, 0.5) is 11.4 Å². The summed E-state index contributed by atoms with van der Waals surface area (Å²) in [7, 11) is 0. The Morgan fingerprint density at radius 2 is 2.04 bits per heavy atom. The summed E-state index contributed by atoms with van der Waals surface area (Å²) in [5.74, 6) is 0.410. The van der Waals surface area contributed by atoms with Gasteiger partial charge >= 0.3 is 0 Å². The average Bonchev–Trinajstić information content (AvgIpc) is 3.03. The molecule has 1 atom stereocenters. The molecule has 25 heavy (non-hydrogen) atoms. The largest absolute Gasteiger partial charge is 0.270 e. The summed E-state index contributed by atoms with van der Waals surface area (Å²) in [6.07, 6.45) is 0. The van der Waals surface area contributed by atoms with Crippen LogP contribution in [0.2, 0.25) is 5.02 Å². The van der Waals surface area contributed by atoms with E-state index >= 15 is 0 Å². The van der Waals surface area contributed by atoms with Gasteiger partial charge in [-0.05, 0) is 37.3 Å². The molecule has 1 heterocycles. The number of halogens is 1. The molecule has 0 saturated heterocycles. The Kier molecular flexibility index (Phi) is 5.06. The third-order valence-corrected chi connectivity index (χ3v) is 5.01. The second-order valence-electron chi connectivity index (χ2n) is 5.50. The molecule has 0 spiro atoms. The molecular weight excluding hydrogens is 362 g/mol. The molecule has 0 unspecified atom stereocenters. The van der Waals surface area contributed by atoms with Crippen molar-refractivity contribution in [3.8, 4) is 0 Å². The second kappa shape index (κ2) is 7.25. The van der Waals surface area contributed by atoms with Crippen molar-refractivity contribution >= 4 is 45.8 Å². The number of thioether (sulfide) groups is 1. The minimum absolute atomic E-state index is 0.104. The number of nitro benzene ring substituents is 1. The summed E-state index contributed by atoms with van der Waals surface area (Å²) in [5.41, 5.74) is 0.713. The summed E-state index contributed by atoms with van der Waals surface area (Å²) >= 11 is 7.42. The lowest BCUT2D eigenvalue weighted by Gasteiger charge is -2.22. The van der Waals surface area contributed by atoms with Crippen molar-refractivity contribution < 1.29 is 9.72 Å². The highest BCUT2D eigenvalue weighted by molar-refractivity contribution is 8.14. The van der Waals surface area contributed by atoms with Gasteiger partial charge in [-0.3, -0.25) is 24.8 Å². The molecule has 1 aliphatic heterocycles. The molecule has 8 heteroatoms. The number of hydrogen-bond donors (Lipinski definition) is 0. The molecule has 1 aliphatic rings. The molecule has 0 aliphatic carbocycles. The van der Waals surface area contributed by atoms with Crippen molar-refractivity contribution in [2.75, 3.05) is 10.7 Å². The quantitative estimate of drug-likeness (QED) is 0.589. The molecule has 0 bridgehead atoms. The first-order valence-electron chi connectivity index (χ1n) is 7.51. The SMILES string of the molecule is C[C@H]1CSC(N(C(=O)c2cccc([N+](=O)[O-])c2)c2ccc(Cl)cc2)=N1. The van der Waals surface area contributed by atoms with Crippen molar-refractivity contribution in [1.29, 1.82) is 0 Å². The Hall–Kier alpha value is -2.38. The molecule has 0 radical (unpaired) electrons. The van der Waals surface area contributed by atoms with Crippen LogP contribution in [0.5, 0.6) is 0 Å². The number of amidine groups is 1. The van der Waals surface area contributed by atoms with Gasteiger partial charge in [0.25, 0.3) is 11.6 Å². The fourth-order valence-electron chi connectivity index (χ4n) is 2.37. The van der Waals surface area contributed by atoms with Crippen molar-refractivity contribution in [2.24, 2.45) is 4.99 Å². The molecule has 3 rings (SSSR count). The maximum atomic E-state index is 13.1. The van der Waals surface area contributed by atoms with Crippen LogP contribution in [0.1, 0.15) is 17.3 Å². The van der Waals surface area contributed by atoms with Crippen LogP contribution >= 0.6 is 23.4 Å². The molecule has 0 N–H and O–H groups in total. The van der Waals surface area contributed by atoms with Crippen molar-refractivity contribution in [1.82, 2.24) is 0 Å². The molecule has 1 amide bonds. The number of aliphatic imine (C=N–C) groups is 1. The number of hydrogen-bond acceptors (Lipinski definition) is 5. The predicted molar refractivity (Wildman–Crippen MR) is 101 cm³/mol. The van der Waals surface area contributed by atoms with E-state index in [0.717, 1.165) is 5.75 Å². The van der Waals surface area contributed by atoms with E-state index in [1.807, 2.05) is 6.92 Å². The third kappa shape index (κ3) is 3.83. The molecule has 128 valence electrons. The van der Waals surface area contributed by atoms with Crippen LogP contribution in [0.25, 0.3) is 0 Å². The van der Waals surface area contributed by atoms with Gasteiger partial charge < -0.3 is 0 Å². The molecule has 2 aromatic rings. The van der Waals surface area contributed by atoms with E-state index < -0.39 is 4.92 Å². The van der Waals surface area contributed by atoms with Gasteiger partial charge in [-0.25, -0.2) is 0 Å². The van der Waals surface area contributed by atoms with Gasteiger partial charge in [-0.15, -0.1) is 0 Å². The fourth-order valence-corrected chi connectivity index (χ4v) is 3.53. The number of non-ortho nitro benzene ring substituents is 1. The first-order chi connectivity index (χ1) is 12.0. The number of nitrogens with zero attached hydrogens (tertiary/aromatic N) is 3. The number of carbonyl (C=O) groups is 1. The van der Waals surface area contributed by atoms with Gasteiger partial charge in [0.1, 0.15) is 0 Å². The zero-order valence-corrected chi connectivity index (χ0v) is 14.8. The monoisotopic (exact) mass is 375 g/mol. The zero-order valence-electron chi connectivity index (χ0n) is 13.3. The highest BCUT2D eigenvalue weighted by Gasteiger charge is 2.28. The van der Waals surface area contributed by atoms with E-state index in [0.29, 0.717) is 15.9 Å². The number of amides is 1. The lowest BCUT2D eigenvalue weighted by molar-refractivity contribution is -0.384. The van der Waals surface area contributed by atoms with Crippen LogP contribution in [0.15, 0.2) is 53.5 Å². The van der Waals surface area contributed by atoms with E-state index in [-0.39, 0.29) is 23.2 Å². The smallest absolute Gasteiger partial charge is 0.268 e. The maximum Gasteiger partial charge on any atom is 0.270 e. The fraction of sp³-hybridized carbons (Fsp3) is 0.176. The third-order valence-electron chi connectivity index (χ3n) is 3.57. The Bertz CT molecular complexity index is 854. The highest BCUT2D eigenvalue weighted by Crippen LogP contribution is 2.29. The van der Waals surface area contributed by atoms with Gasteiger partial charge in [0.05, 0.1) is 16.7 Å². The van der Waals surface area contributed by atoms with E-state index in [9.17, 15) is 14.9 Å². The lowest BCUT2D eigenvalue weighted by Crippen LogP contribution is -2.34. The van der Waals surface area contributed by atoms with Crippen molar-refractivity contribution in [3.05, 3.63) is 69.2 Å². The highest BCUT2D eigenvalue weighted by atomic mass is 35.5. The number of nitro groups is 1.